The molecule has 0 spiro atoms. The van der Waals surface area contributed by atoms with E-state index in [-0.39, 0.29) is 11.1 Å². The van der Waals surface area contributed by atoms with E-state index in [9.17, 15) is 34.8 Å². The zero-order valence-corrected chi connectivity index (χ0v) is 14.6. The summed E-state index contributed by atoms with van der Waals surface area (Å²) in [6.45, 7) is -0.400. The molecule has 27 heavy (non-hydrogen) atoms. The average molecular weight is 429 g/mol. The second kappa shape index (κ2) is 6.27. The molecule has 0 amide bonds. The van der Waals surface area contributed by atoms with Gasteiger partial charge >= 0.3 is 18.0 Å². The van der Waals surface area contributed by atoms with Gasteiger partial charge in [0, 0.05) is 22.9 Å². The molecule has 1 aromatic carbocycles. The van der Waals surface area contributed by atoms with E-state index in [1.807, 2.05) is 4.72 Å². The van der Waals surface area contributed by atoms with E-state index in [1.54, 1.807) is 0 Å². The van der Waals surface area contributed by atoms with Gasteiger partial charge in [-0.25, -0.2) is 13.1 Å². The Balaban J connectivity index is 1.73. The summed E-state index contributed by atoms with van der Waals surface area (Å²) in [6.07, 6.45) is -9.52. The van der Waals surface area contributed by atoms with Crippen LogP contribution in [0.5, 0.6) is 0 Å². The van der Waals surface area contributed by atoms with Crippen molar-refractivity contribution in [1.29, 1.82) is 0 Å². The van der Waals surface area contributed by atoms with E-state index < -0.39 is 45.0 Å². The number of nitrogens with one attached hydrogen (secondary N) is 1. The van der Waals surface area contributed by atoms with Crippen molar-refractivity contribution in [2.45, 2.75) is 29.5 Å². The molecule has 0 unspecified atom stereocenters. The van der Waals surface area contributed by atoms with Gasteiger partial charge in [-0.15, -0.1) is 10.2 Å². The fraction of sp³-hybridized carbons (Fsp3) is 0.286. The topological polar surface area (TPSA) is 70.9 Å². The molecule has 0 aliphatic carbocycles. The largest absolute Gasteiger partial charge is 0.442 e. The van der Waals surface area contributed by atoms with Crippen molar-refractivity contribution in [3.8, 4) is 0 Å². The van der Waals surface area contributed by atoms with E-state index in [0.29, 0.717) is 16.7 Å². The first-order valence-electron chi connectivity index (χ1n) is 7.10. The minimum atomic E-state index is -4.82. The maximum absolute atomic E-state index is 12.9. The van der Waals surface area contributed by atoms with Gasteiger partial charge in [0.2, 0.25) is 10.0 Å². The average Bonchev–Trinajstić information content (AvgIpc) is 3.21. The number of sulfonamides is 1. The molecule has 1 aliphatic rings. The number of nitrogens with zero attached hydrogens (tertiary/aromatic N) is 2. The van der Waals surface area contributed by atoms with Gasteiger partial charge in [-0.3, -0.25) is 0 Å². The van der Waals surface area contributed by atoms with E-state index >= 15 is 0 Å². The molecule has 0 fully saturated rings. The molecule has 3 rings (SSSR count). The van der Waals surface area contributed by atoms with Crippen molar-refractivity contribution in [3.05, 3.63) is 51.7 Å². The van der Waals surface area contributed by atoms with Gasteiger partial charge in [-0.05, 0) is 5.56 Å². The number of benzene rings is 1. The zero-order valence-electron chi connectivity index (χ0n) is 13.0. The molecule has 2 heterocycles. The molecule has 13 heteroatoms. The highest BCUT2D eigenvalue weighted by Crippen LogP contribution is 2.52. The van der Waals surface area contributed by atoms with Crippen LogP contribution in [0.2, 0.25) is 0 Å². The van der Waals surface area contributed by atoms with Crippen molar-refractivity contribution >= 4 is 21.4 Å². The molecule has 0 radical (unpaired) electrons. The third kappa shape index (κ3) is 3.71. The Labute approximate surface area is 152 Å². The first kappa shape index (κ1) is 19.8. The fourth-order valence-corrected chi connectivity index (χ4v) is 4.69. The SMILES string of the molecule is O=S(=O)(NCc1ccc(C2(C(F)(F)F)N=N2)cc1)c1cscc1C(F)(F)F. The van der Waals surface area contributed by atoms with E-state index in [0.717, 1.165) is 17.5 Å². The maximum Gasteiger partial charge on any atom is 0.442 e. The van der Waals surface area contributed by atoms with Crippen molar-refractivity contribution in [2.75, 3.05) is 0 Å². The molecule has 0 bridgehead atoms. The molecule has 1 aliphatic heterocycles. The molecule has 2 aromatic rings. The molecule has 1 aromatic heterocycles. The second-order valence-corrected chi connectivity index (χ2v) is 8.02. The lowest BCUT2D eigenvalue weighted by atomic mass is 10.0. The Morgan fingerprint density at radius 1 is 1.00 bits per heavy atom. The summed E-state index contributed by atoms with van der Waals surface area (Å²) >= 11 is 0.589. The van der Waals surface area contributed by atoms with Crippen LogP contribution in [0.4, 0.5) is 26.3 Å². The van der Waals surface area contributed by atoms with Crippen molar-refractivity contribution in [3.63, 3.8) is 0 Å². The highest BCUT2D eigenvalue weighted by atomic mass is 32.2. The van der Waals surface area contributed by atoms with Crippen LogP contribution in [0.15, 0.2) is 50.1 Å². The van der Waals surface area contributed by atoms with Gasteiger partial charge in [0.05, 0.1) is 5.56 Å². The van der Waals surface area contributed by atoms with Crippen LogP contribution >= 0.6 is 11.3 Å². The molecule has 0 atom stereocenters. The number of thiophene rings is 1. The van der Waals surface area contributed by atoms with Crippen LogP contribution in [0.1, 0.15) is 16.7 Å². The van der Waals surface area contributed by atoms with Gasteiger partial charge < -0.3 is 0 Å². The summed E-state index contributed by atoms with van der Waals surface area (Å²) in [7, 11) is -4.45. The molecule has 0 saturated carbocycles. The van der Waals surface area contributed by atoms with Gasteiger partial charge in [-0.1, -0.05) is 24.3 Å². The Kier molecular flexibility index (Phi) is 4.59. The quantitative estimate of drug-likeness (QED) is 0.715. The molecule has 5 nitrogen and oxygen atoms in total. The molecular formula is C14H9F6N3O2S2. The number of halogens is 6. The summed E-state index contributed by atoms with van der Waals surface area (Å²) in [6, 6.07) is 4.60. The van der Waals surface area contributed by atoms with Crippen molar-refractivity contribution in [1.82, 2.24) is 4.72 Å². The number of alkyl halides is 6. The summed E-state index contributed by atoms with van der Waals surface area (Å²) in [5.41, 5.74) is -3.86. The summed E-state index contributed by atoms with van der Waals surface area (Å²) in [4.78, 5) is -0.900. The highest BCUT2D eigenvalue weighted by molar-refractivity contribution is 7.89. The minimum Gasteiger partial charge on any atom is -0.207 e. The van der Waals surface area contributed by atoms with Gasteiger partial charge in [0.1, 0.15) is 4.90 Å². The normalized spacial score (nSPS) is 16.5. The fourth-order valence-electron chi connectivity index (χ4n) is 2.25. The maximum atomic E-state index is 12.9. The van der Waals surface area contributed by atoms with Crippen molar-refractivity contribution < 1.29 is 34.8 Å². The lowest BCUT2D eigenvalue weighted by molar-refractivity contribution is -0.166. The number of rotatable bonds is 5. The molecule has 146 valence electrons. The predicted octanol–water partition coefficient (Wildman–Crippen LogP) is 4.43. The summed E-state index contributed by atoms with van der Waals surface area (Å²) < 4.78 is 103. The van der Waals surface area contributed by atoms with Crippen molar-refractivity contribution in [2.24, 2.45) is 10.2 Å². The van der Waals surface area contributed by atoms with Crippen LogP contribution in [-0.4, -0.2) is 14.6 Å². The standard InChI is InChI=1S/C14H9F6N3O2S2/c15-13(16,17)10-6-26-7-11(10)27(24,25)21-5-8-1-3-9(4-2-8)12(22-23-12)14(18,19)20/h1-4,6-7,21H,5H2. The van der Waals surface area contributed by atoms with Crippen LogP contribution in [0, 0.1) is 0 Å². The van der Waals surface area contributed by atoms with Crippen LogP contribution in [-0.2, 0) is 28.4 Å². The van der Waals surface area contributed by atoms with Gasteiger partial charge in [-0.2, -0.15) is 37.7 Å². The Hall–Kier alpha value is -1.99. The second-order valence-electron chi connectivity index (χ2n) is 5.54. The lowest BCUT2D eigenvalue weighted by Gasteiger charge is -2.15. The first-order chi connectivity index (χ1) is 12.4. The van der Waals surface area contributed by atoms with Crippen LogP contribution < -0.4 is 4.72 Å². The molecule has 1 N–H and O–H groups in total. The van der Waals surface area contributed by atoms with Crippen LogP contribution in [0.25, 0.3) is 0 Å². The van der Waals surface area contributed by atoms with E-state index in [4.69, 9.17) is 0 Å². The van der Waals surface area contributed by atoms with Crippen LogP contribution in [0.3, 0.4) is 0 Å². The Morgan fingerprint density at radius 2 is 1.59 bits per heavy atom. The van der Waals surface area contributed by atoms with Gasteiger partial charge in [0.25, 0.3) is 0 Å². The van der Waals surface area contributed by atoms with Gasteiger partial charge in [0.15, 0.2) is 0 Å². The smallest absolute Gasteiger partial charge is 0.207 e. The Bertz CT molecular complexity index is 972. The monoisotopic (exact) mass is 429 g/mol. The zero-order chi connectivity index (χ0) is 20.1. The first-order valence-corrected chi connectivity index (χ1v) is 9.53. The van der Waals surface area contributed by atoms with E-state index in [2.05, 4.69) is 10.2 Å². The van der Waals surface area contributed by atoms with E-state index in [1.165, 1.54) is 12.1 Å². The summed E-state index contributed by atoms with van der Waals surface area (Å²) in [5.74, 6) is 0. The lowest BCUT2D eigenvalue weighted by Crippen LogP contribution is -2.30. The summed E-state index contributed by atoms with van der Waals surface area (Å²) in [5, 5.41) is 7.62. The number of hydrogen-bond acceptors (Lipinski definition) is 5. The number of hydrogen-bond donors (Lipinski definition) is 1. The minimum absolute atomic E-state index is 0.237. The molecule has 0 saturated heterocycles. The third-order valence-corrected chi connectivity index (χ3v) is 6.07. The molecular weight excluding hydrogens is 420 g/mol. The highest BCUT2D eigenvalue weighted by Gasteiger charge is 2.65. The predicted molar refractivity (Wildman–Crippen MR) is 82.4 cm³/mol. The third-order valence-electron chi connectivity index (χ3n) is 3.74. The Morgan fingerprint density at radius 3 is 2.07 bits per heavy atom.